The quantitative estimate of drug-likeness (QED) is 0.133. The summed E-state index contributed by atoms with van der Waals surface area (Å²) in [5.74, 6) is 0. The maximum atomic E-state index is 2.44. The van der Waals surface area contributed by atoms with Crippen LogP contribution in [0.4, 0.5) is 0 Å². The van der Waals surface area contributed by atoms with E-state index in [0.717, 1.165) is 0 Å². The first-order chi connectivity index (χ1) is 22.7. The van der Waals surface area contributed by atoms with Crippen molar-refractivity contribution < 1.29 is 0 Å². The highest BCUT2D eigenvalue weighted by Gasteiger charge is 2.22. The summed E-state index contributed by atoms with van der Waals surface area (Å²) in [6.45, 7) is 13.8. The van der Waals surface area contributed by atoms with Gasteiger partial charge in [-0.3, -0.25) is 0 Å². The second kappa shape index (κ2) is 11.1. The van der Waals surface area contributed by atoms with Crippen LogP contribution in [0.15, 0.2) is 133 Å². The largest absolute Gasteiger partial charge is 0.0775 e. The van der Waals surface area contributed by atoms with E-state index in [1.165, 1.54) is 98.7 Å². The molecule has 0 saturated carbocycles. The van der Waals surface area contributed by atoms with Crippen molar-refractivity contribution in [1.82, 2.24) is 0 Å². The highest BCUT2D eigenvalue weighted by atomic mass is 28.3. The fourth-order valence-electron chi connectivity index (χ4n) is 7.30. The highest BCUT2D eigenvalue weighted by molar-refractivity contribution is 6.88. The van der Waals surface area contributed by atoms with E-state index in [9.17, 15) is 0 Å². The van der Waals surface area contributed by atoms with E-state index in [-0.39, 0.29) is 0 Å². The Balaban J connectivity index is 1.53. The number of benzene rings is 8. The van der Waals surface area contributed by atoms with Crippen molar-refractivity contribution in [3.63, 3.8) is 0 Å². The zero-order chi connectivity index (χ0) is 32.4. The van der Waals surface area contributed by atoms with Gasteiger partial charge in [0.1, 0.15) is 0 Å². The third-order valence-electron chi connectivity index (χ3n) is 10.0. The first-order valence-corrected chi connectivity index (χ1v) is 20.3. The molecule has 0 N–H and O–H groups in total. The van der Waals surface area contributed by atoms with E-state index < -0.39 is 8.07 Å². The Bertz CT molecular complexity index is 2340. The van der Waals surface area contributed by atoms with Crippen LogP contribution in [0.1, 0.15) is 16.7 Å². The third-order valence-corrected chi connectivity index (χ3v) is 12.1. The first-order valence-electron chi connectivity index (χ1n) is 16.8. The van der Waals surface area contributed by atoms with Gasteiger partial charge in [0.25, 0.3) is 0 Å². The van der Waals surface area contributed by atoms with Crippen LogP contribution in [-0.4, -0.2) is 8.07 Å². The van der Waals surface area contributed by atoms with Gasteiger partial charge in [-0.1, -0.05) is 163 Å². The van der Waals surface area contributed by atoms with Crippen molar-refractivity contribution in [2.45, 2.75) is 40.4 Å². The lowest BCUT2D eigenvalue weighted by Gasteiger charge is -2.22. The molecule has 8 rings (SSSR count). The number of rotatable bonds is 5. The molecule has 0 nitrogen and oxygen atoms in total. The molecule has 0 bridgehead atoms. The monoisotopic (exact) mass is 620 g/mol. The van der Waals surface area contributed by atoms with Crippen molar-refractivity contribution in [2.24, 2.45) is 0 Å². The zero-order valence-corrected chi connectivity index (χ0v) is 29.2. The average molecular weight is 621 g/mol. The molecule has 0 aliphatic rings. The summed E-state index contributed by atoms with van der Waals surface area (Å²) in [7, 11) is -1.42. The van der Waals surface area contributed by atoms with Crippen molar-refractivity contribution >= 4 is 45.6 Å². The van der Waals surface area contributed by atoms with E-state index in [0.29, 0.717) is 0 Å². The Morgan fingerprint density at radius 3 is 0.830 bits per heavy atom. The Kier molecular flexibility index (Phi) is 6.93. The molecular formula is C46H40Si. The summed E-state index contributed by atoms with van der Waals surface area (Å²) in [5.41, 5.74) is 14.0. The zero-order valence-electron chi connectivity index (χ0n) is 28.2. The molecule has 0 heterocycles. The van der Waals surface area contributed by atoms with Crippen LogP contribution in [0.5, 0.6) is 0 Å². The minimum Gasteiger partial charge on any atom is -0.0656 e. The van der Waals surface area contributed by atoms with Gasteiger partial charge in [-0.15, -0.1) is 0 Å². The molecule has 47 heavy (non-hydrogen) atoms. The summed E-state index contributed by atoms with van der Waals surface area (Å²) < 4.78 is 0. The minimum atomic E-state index is -1.42. The summed E-state index contributed by atoms with van der Waals surface area (Å²) in [4.78, 5) is 0. The number of hydrogen-bond acceptors (Lipinski definition) is 0. The fourth-order valence-corrected chi connectivity index (χ4v) is 8.46. The van der Waals surface area contributed by atoms with Crippen LogP contribution in [0.2, 0.25) is 19.6 Å². The van der Waals surface area contributed by atoms with Gasteiger partial charge in [0.05, 0.1) is 8.07 Å². The van der Waals surface area contributed by atoms with Gasteiger partial charge in [0, 0.05) is 0 Å². The Morgan fingerprint density at radius 1 is 0.319 bits per heavy atom. The topological polar surface area (TPSA) is 0 Å². The van der Waals surface area contributed by atoms with Crippen LogP contribution >= 0.6 is 0 Å². The lowest BCUT2D eigenvalue weighted by Crippen LogP contribution is -2.37. The van der Waals surface area contributed by atoms with Gasteiger partial charge in [-0.25, -0.2) is 0 Å². The van der Waals surface area contributed by atoms with Crippen LogP contribution in [0, 0.1) is 20.8 Å². The van der Waals surface area contributed by atoms with Crippen LogP contribution in [-0.2, 0) is 0 Å². The summed E-state index contributed by atoms with van der Waals surface area (Å²) >= 11 is 0. The van der Waals surface area contributed by atoms with Gasteiger partial charge in [0.15, 0.2) is 0 Å². The van der Waals surface area contributed by atoms with Crippen LogP contribution < -0.4 is 5.19 Å². The standard InChI is InChI=1S/C46H40Si/c1-29-7-13-32(14-8-29)41-27-42(33-15-9-30(2)10-16-33)38-25-26-40-44(35-19-21-36(22-20-35)47(4,5)6)28-43(34-17-11-31(3)12-18-34)39-24-23-37(41)45(38)46(39)40/h7-28H,1-6H3. The van der Waals surface area contributed by atoms with E-state index in [1.807, 2.05) is 0 Å². The van der Waals surface area contributed by atoms with Gasteiger partial charge >= 0.3 is 0 Å². The highest BCUT2D eigenvalue weighted by Crippen LogP contribution is 2.48. The molecule has 0 saturated heterocycles. The summed E-state index contributed by atoms with van der Waals surface area (Å²) in [6.07, 6.45) is 0. The van der Waals surface area contributed by atoms with Crippen LogP contribution in [0.3, 0.4) is 0 Å². The van der Waals surface area contributed by atoms with E-state index in [2.05, 4.69) is 174 Å². The van der Waals surface area contributed by atoms with Crippen LogP contribution in [0.25, 0.3) is 76.8 Å². The van der Waals surface area contributed by atoms with E-state index >= 15 is 0 Å². The SMILES string of the molecule is Cc1ccc(-c2cc(-c3ccc(C)cc3)c3ccc4c(-c5ccc([Si](C)(C)C)cc5)cc(-c5ccc(C)cc5)c5ccc2c3c54)cc1. The molecule has 0 atom stereocenters. The number of hydrogen-bond donors (Lipinski definition) is 0. The smallest absolute Gasteiger partial charge is 0.0656 e. The lowest BCUT2D eigenvalue weighted by atomic mass is 9.82. The second-order valence-electron chi connectivity index (χ2n) is 14.4. The van der Waals surface area contributed by atoms with Crippen molar-refractivity contribution in [3.05, 3.63) is 150 Å². The molecule has 0 unspecified atom stereocenters. The molecule has 0 aliphatic heterocycles. The maximum Gasteiger partial charge on any atom is 0.0775 e. The lowest BCUT2D eigenvalue weighted by molar-refractivity contribution is 1.47. The maximum absolute atomic E-state index is 2.44. The number of aryl methyl sites for hydroxylation is 3. The molecule has 0 radical (unpaired) electrons. The predicted octanol–water partition coefficient (Wildman–Crippen LogP) is 12.7. The normalized spacial score (nSPS) is 12.0. The molecule has 0 spiro atoms. The Labute approximate surface area is 279 Å². The third kappa shape index (κ3) is 5.07. The molecule has 8 aromatic carbocycles. The molecular weight excluding hydrogens is 581 g/mol. The summed E-state index contributed by atoms with van der Waals surface area (Å²) in [6, 6.07) is 50.9. The molecule has 0 fully saturated rings. The molecule has 0 aromatic heterocycles. The van der Waals surface area contributed by atoms with Crippen molar-refractivity contribution in [3.8, 4) is 44.5 Å². The molecule has 1 heteroatoms. The minimum absolute atomic E-state index is 1.25. The van der Waals surface area contributed by atoms with Gasteiger partial charge < -0.3 is 0 Å². The molecule has 0 amide bonds. The van der Waals surface area contributed by atoms with Gasteiger partial charge in [-0.05, 0) is 110 Å². The van der Waals surface area contributed by atoms with Gasteiger partial charge in [0.2, 0.25) is 0 Å². The van der Waals surface area contributed by atoms with E-state index in [4.69, 9.17) is 0 Å². The van der Waals surface area contributed by atoms with Crippen molar-refractivity contribution in [1.29, 1.82) is 0 Å². The van der Waals surface area contributed by atoms with Gasteiger partial charge in [-0.2, -0.15) is 0 Å². The van der Waals surface area contributed by atoms with E-state index in [1.54, 1.807) is 0 Å². The fraction of sp³-hybridized carbons (Fsp3) is 0.130. The molecule has 228 valence electrons. The summed E-state index contributed by atoms with van der Waals surface area (Å²) in [5, 5.41) is 9.42. The Hall–Kier alpha value is -4.98. The second-order valence-corrected chi connectivity index (χ2v) is 19.5. The molecule has 0 aliphatic carbocycles. The molecule has 8 aromatic rings. The first kappa shape index (κ1) is 29.4. The Morgan fingerprint density at radius 2 is 0.574 bits per heavy atom. The predicted molar refractivity (Wildman–Crippen MR) is 209 cm³/mol. The average Bonchev–Trinajstić information content (AvgIpc) is 3.08. The van der Waals surface area contributed by atoms with Crippen molar-refractivity contribution in [2.75, 3.05) is 0 Å².